The zero-order chi connectivity index (χ0) is 19.3. The first-order valence-electron chi connectivity index (χ1n) is 9.39. The largest absolute Gasteiger partial charge is 0.451 e. The van der Waals surface area contributed by atoms with Crippen LogP contribution in [0.1, 0.15) is 22.2 Å². The van der Waals surface area contributed by atoms with E-state index in [1.165, 1.54) is 6.07 Å². The molecule has 2 aromatic carbocycles. The Hall–Kier alpha value is -2.96. The van der Waals surface area contributed by atoms with Crippen molar-refractivity contribution in [1.82, 2.24) is 10.2 Å². The third kappa shape index (κ3) is 4.13. The quantitative estimate of drug-likeness (QED) is 0.739. The minimum absolute atomic E-state index is 0.0200. The number of hydrogen-bond acceptors (Lipinski definition) is 5. The Morgan fingerprint density at radius 2 is 1.75 bits per heavy atom. The summed E-state index contributed by atoms with van der Waals surface area (Å²) in [6.45, 7) is 3.69. The maximum Gasteiger partial charge on any atom is 0.287 e. The van der Waals surface area contributed by atoms with Crippen molar-refractivity contribution in [3.05, 3.63) is 82.2 Å². The zero-order valence-electron chi connectivity index (χ0n) is 15.5. The number of para-hydroxylation sites is 1. The number of fused-ring (bicyclic) bond motifs is 1. The first kappa shape index (κ1) is 18.4. The topological polar surface area (TPSA) is 71.8 Å². The summed E-state index contributed by atoms with van der Waals surface area (Å²) >= 11 is 0. The number of benzene rings is 2. The molecule has 28 heavy (non-hydrogen) atoms. The summed E-state index contributed by atoms with van der Waals surface area (Å²) in [4.78, 5) is 27.5. The summed E-state index contributed by atoms with van der Waals surface area (Å²) in [5.74, 6) is -0.378. The van der Waals surface area contributed by atoms with Crippen LogP contribution in [0.4, 0.5) is 0 Å². The van der Waals surface area contributed by atoms with E-state index in [0.717, 1.165) is 18.7 Å². The molecule has 1 fully saturated rings. The molecule has 4 rings (SSSR count). The maximum atomic E-state index is 12.9. The molecule has 1 aromatic heterocycles. The second-order valence-corrected chi connectivity index (χ2v) is 6.82. The smallest absolute Gasteiger partial charge is 0.287 e. The van der Waals surface area contributed by atoms with Gasteiger partial charge >= 0.3 is 0 Å². The van der Waals surface area contributed by atoms with Crippen molar-refractivity contribution in [3.8, 4) is 0 Å². The molecule has 0 saturated carbocycles. The molecule has 1 N–H and O–H groups in total. The Bertz CT molecular complexity index is 1010. The van der Waals surface area contributed by atoms with E-state index in [2.05, 4.69) is 10.2 Å². The van der Waals surface area contributed by atoms with Crippen LogP contribution in [0, 0.1) is 0 Å². The fourth-order valence-electron chi connectivity index (χ4n) is 3.41. The van der Waals surface area contributed by atoms with Gasteiger partial charge in [-0.3, -0.25) is 14.5 Å². The highest BCUT2D eigenvalue weighted by Crippen LogP contribution is 2.17. The second kappa shape index (κ2) is 8.37. The van der Waals surface area contributed by atoms with Crippen molar-refractivity contribution in [2.45, 2.75) is 6.04 Å². The van der Waals surface area contributed by atoms with Crippen LogP contribution in [0.5, 0.6) is 0 Å². The van der Waals surface area contributed by atoms with Crippen molar-refractivity contribution < 1.29 is 13.9 Å². The highest BCUT2D eigenvalue weighted by molar-refractivity contribution is 5.93. The van der Waals surface area contributed by atoms with Gasteiger partial charge in [-0.1, -0.05) is 42.5 Å². The number of ether oxygens (including phenoxy) is 1. The molecule has 0 spiro atoms. The average molecular weight is 378 g/mol. The number of nitrogens with zero attached hydrogens (tertiary/aromatic N) is 1. The summed E-state index contributed by atoms with van der Waals surface area (Å²) in [7, 11) is 0. The van der Waals surface area contributed by atoms with Crippen LogP contribution < -0.4 is 10.7 Å². The lowest BCUT2D eigenvalue weighted by molar-refractivity contribution is 0.0331. The molecule has 1 aliphatic rings. The maximum absolute atomic E-state index is 12.9. The van der Waals surface area contributed by atoms with E-state index >= 15 is 0 Å². The number of hydrogen-bond donors (Lipinski definition) is 1. The van der Waals surface area contributed by atoms with Gasteiger partial charge in [-0.2, -0.15) is 0 Å². The predicted molar refractivity (Wildman–Crippen MR) is 106 cm³/mol. The molecule has 1 unspecified atom stereocenters. The monoisotopic (exact) mass is 378 g/mol. The van der Waals surface area contributed by atoms with Gasteiger partial charge in [0.2, 0.25) is 0 Å². The Labute approximate surface area is 162 Å². The van der Waals surface area contributed by atoms with Gasteiger partial charge in [0.25, 0.3) is 5.91 Å². The molecule has 1 saturated heterocycles. The molecule has 0 aliphatic carbocycles. The summed E-state index contributed by atoms with van der Waals surface area (Å²) in [5, 5.41) is 3.50. The van der Waals surface area contributed by atoms with Crippen LogP contribution in [0.25, 0.3) is 11.0 Å². The first-order valence-corrected chi connectivity index (χ1v) is 9.39. The van der Waals surface area contributed by atoms with E-state index in [4.69, 9.17) is 9.15 Å². The van der Waals surface area contributed by atoms with Crippen molar-refractivity contribution in [2.24, 2.45) is 0 Å². The molecular weight excluding hydrogens is 356 g/mol. The average Bonchev–Trinajstić information content (AvgIpc) is 2.74. The Morgan fingerprint density at radius 1 is 1.04 bits per heavy atom. The molecule has 3 aromatic rings. The van der Waals surface area contributed by atoms with Crippen LogP contribution in [0.15, 0.2) is 69.9 Å². The van der Waals surface area contributed by atoms with E-state index in [1.807, 2.05) is 30.3 Å². The first-order chi connectivity index (χ1) is 13.7. The summed E-state index contributed by atoms with van der Waals surface area (Å²) < 4.78 is 11.1. The third-order valence-corrected chi connectivity index (χ3v) is 4.91. The van der Waals surface area contributed by atoms with Gasteiger partial charge in [0.15, 0.2) is 11.2 Å². The predicted octanol–water partition coefficient (Wildman–Crippen LogP) is 2.60. The Morgan fingerprint density at radius 3 is 2.54 bits per heavy atom. The fraction of sp³-hybridized carbons (Fsp3) is 0.273. The van der Waals surface area contributed by atoms with Crippen molar-refractivity contribution in [1.29, 1.82) is 0 Å². The van der Waals surface area contributed by atoms with E-state index in [0.29, 0.717) is 30.7 Å². The Kier molecular flexibility index (Phi) is 5.50. The van der Waals surface area contributed by atoms with E-state index < -0.39 is 5.91 Å². The highest BCUT2D eigenvalue weighted by atomic mass is 16.5. The third-order valence-electron chi connectivity index (χ3n) is 4.91. The number of amides is 1. The lowest BCUT2D eigenvalue weighted by Gasteiger charge is -2.31. The van der Waals surface area contributed by atoms with Crippen LogP contribution in [0.3, 0.4) is 0 Å². The van der Waals surface area contributed by atoms with Gasteiger partial charge < -0.3 is 14.5 Å². The van der Waals surface area contributed by atoms with E-state index in [-0.39, 0.29) is 17.2 Å². The molecule has 6 nitrogen and oxygen atoms in total. The summed E-state index contributed by atoms with van der Waals surface area (Å²) in [5.41, 5.74) is 1.19. The van der Waals surface area contributed by atoms with Gasteiger partial charge in [0.1, 0.15) is 5.58 Å². The van der Waals surface area contributed by atoms with Crippen LogP contribution in [-0.4, -0.2) is 43.7 Å². The summed E-state index contributed by atoms with van der Waals surface area (Å²) in [6.07, 6.45) is 0. The van der Waals surface area contributed by atoms with Gasteiger partial charge in [0.05, 0.1) is 24.6 Å². The zero-order valence-corrected chi connectivity index (χ0v) is 15.5. The van der Waals surface area contributed by atoms with Crippen LogP contribution in [-0.2, 0) is 4.74 Å². The minimum Gasteiger partial charge on any atom is -0.451 e. The molecule has 2 heterocycles. The lowest BCUT2D eigenvalue weighted by Crippen LogP contribution is -2.43. The van der Waals surface area contributed by atoms with Crippen molar-refractivity contribution in [3.63, 3.8) is 0 Å². The Balaban J connectivity index is 1.59. The molecule has 144 valence electrons. The number of morpholine rings is 1. The van der Waals surface area contributed by atoms with Crippen molar-refractivity contribution in [2.75, 3.05) is 32.8 Å². The molecule has 0 radical (unpaired) electrons. The summed E-state index contributed by atoms with van der Waals surface area (Å²) in [6, 6.07) is 17.8. The van der Waals surface area contributed by atoms with Crippen LogP contribution >= 0.6 is 0 Å². The number of carbonyl (C=O) groups is 1. The second-order valence-electron chi connectivity index (χ2n) is 6.82. The molecule has 1 aliphatic heterocycles. The van der Waals surface area contributed by atoms with Gasteiger partial charge in [-0.05, 0) is 17.7 Å². The number of carbonyl (C=O) groups excluding carboxylic acids is 1. The van der Waals surface area contributed by atoms with Gasteiger partial charge in [0, 0.05) is 25.7 Å². The molecule has 1 amide bonds. The normalized spacial score (nSPS) is 16.0. The lowest BCUT2D eigenvalue weighted by atomic mass is 10.1. The van der Waals surface area contributed by atoms with Crippen molar-refractivity contribution >= 4 is 16.9 Å². The molecule has 1 atom stereocenters. The SMILES string of the molecule is O=C(NC(CN1CCOCC1)c1ccccc1)c1cc(=O)c2ccccc2o1. The molecule has 0 bridgehead atoms. The van der Waals surface area contributed by atoms with E-state index in [1.54, 1.807) is 24.3 Å². The van der Waals surface area contributed by atoms with Gasteiger partial charge in [-0.15, -0.1) is 0 Å². The fourth-order valence-corrected chi connectivity index (χ4v) is 3.41. The standard InChI is InChI=1S/C22H22N2O4/c25-19-14-21(28-20-9-5-4-8-17(19)20)22(26)23-18(16-6-2-1-3-7-16)15-24-10-12-27-13-11-24/h1-9,14,18H,10-13,15H2,(H,23,26). The van der Waals surface area contributed by atoms with E-state index in [9.17, 15) is 9.59 Å². The molecular formula is C22H22N2O4. The minimum atomic E-state index is -0.398. The molecule has 6 heteroatoms. The van der Waals surface area contributed by atoms with Gasteiger partial charge in [-0.25, -0.2) is 0 Å². The number of nitrogens with one attached hydrogen (secondary N) is 1. The number of rotatable bonds is 5. The van der Waals surface area contributed by atoms with Crippen LogP contribution in [0.2, 0.25) is 0 Å². The highest BCUT2D eigenvalue weighted by Gasteiger charge is 2.22.